The van der Waals surface area contributed by atoms with Gasteiger partial charge < -0.3 is 4.57 Å². The van der Waals surface area contributed by atoms with Crippen LogP contribution in [0.1, 0.15) is 50.1 Å². The van der Waals surface area contributed by atoms with E-state index in [4.69, 9.17) is 4.99 Å². The molecule has 0 amide bonds. The van der Waals surface area contributed by atoms with E-state index >= 15 is 0 Å². The van der Waals surface area contributed by atoms with Crippen molar-refractivity contribution in [2.75, 3.05) is 0 Å². The highest BCUT2D eigenvalue weighted by Crippen LogP contribution is 2.61. The van der Waals surface area contributed by atoms with Crippen LogP contribution in [0.25, 0.3) is 72.1 Å². The molecule has 1 N–H and O–H groups in total. The zero-order valence-electron chi connectivity index (χ0n) is 41.5. The van der Waals surface area contributed by atoms with E-state index < -0.39 is 10.8 Å². The summed E-state index contributed by atoms with van der Waals surface area (Å²) in [5, 5.41) is 14.4. The maximum atomic E-state index is 9.71. The van der Waals surface area contributed by atoms with Crippen LogP contribution in [0.15, 0.2) is 284 Å². The molecular formula is C72H48N4. The Balaban J connectivity index is 1.02. The molecule has 11 aromatic carbocycles. The van der Waals surface area contributed by atoms with Gasteiger partial charge in [-0.3, -0.25) is 9.98 Å². The van der Waals surface area contributed by atoms with Crippen LogP contribution in [0.3, 0.4) is 0 Å². The molecule has 0 saturated heterocycles. The summed E-state index contributed by atoms with van der Waals surface area (Å²) in [6, 6.07) is 98.8. The zero-order valence-corrected chi connectivity index (χ0v) is 41.5. The Kier molecular flexibility index (Phi) is 9.82. The van der Waals surface area contributed by atoms with Gasteiger partial charge in [-0.1, -0.05) is 249 Å². The summed E-state index contributed by atoms with van der Waals surface area (Å²) in [6.45, 7) is 0. The predicted octanol–water partition coefficient (Wildman–Crippen LogP) is 17.1. The number of amidine groups is 1. The Morgan fingerprint density at radius 1 is 0.355 bits per heavy atom. The summed E-state index contributed by atoms with van der Waals surface area (Å²) in [6.07, 6.45) is 4.31. The minimum absolute atomic E-state index is 0.177. The molecule has 356 valence electrons. The summed E-state index contributed by atoms with van der Waals surface area (Å²) >= 11 is 0. The van der Waals surface area contributed by atoms with E-state index in [2.05, 4.69) is 264 Å². The Morgan fingerprint density at radius 2 is 0.750 bits per heavy atom. The second-order valence-electron chi connectivity index (χ2n) is 20.1. The van der Waals surface area contributed by atoms with Crippen LogP contribution in [-0.2, 0) is 10.8 Å². The molecule has 15 rings (SSSR count). The topological polar surface area (TPSA) is 46.1 Å². The lowest BCUT2D eigenvalue weighted by molar-refractivity contribution is 0.776. The van der Waals surface area contributed by atoms with Crippen molar-refractivity contribution in [3.05, 3.63) is 329 Å². The number of benzene rings is 11. The molecule has 2 aromatic heterocycles. The Labute approximate surface area is 441 Å². The molecule has 0 aliphatic heterocycles. The number of allylic oxidation sites excluding steroid dienone is 1. The van der Waals surface area contributed by atoms with Crippen LogP contribution in [-0.4, -0.2) is 20.8 Å². The number of para-hydroxylation sites is 2. The minimum atomic E-state index is -0.635. The number of hydrogen-bond donors (Lipinski definition) is 1. The first-order valence-electron chi connectivity index (χ1n) is 26.1. The lowest BCUT2D eigenvalue weighted by Crippen LogP contribution is -2.28. The minimum Gasteiger partial charge on any atom is -0.316 e. The molecule has 4 nitrogen and oxygen atoms in total. The first-order chi connectivity index (χ1) is 37.7. The van der Waals surface area contributed by atoms with Crippen molar-refractivity contribution in [1.29, 1.82) is 5.41 Å². The second-order valence-corrected chi connectivity index (χ2v) is 20.1. The summed E-state index contributed by atoms with van der Waals surface area (Å²) in [4.78, 5) is 5.38. The molecule has 0 atom stereocenters. The lowest BCUT2D eigenvalue weighted by Gasteiger charge is -2.34. The normalized spacial score (nSPS) is 14.1. The molecule has 76 heavy (non-hydrogen) atoms. The standard InChI is InChI=1S/C72H48N4/c73-70(48-24-6-1-7-25-48)74-65(76-62-41-23-19-37-58(62)67-64(76)45-43-56-54-35-17-21-39-60(54)72(69(56)67,51-30-12-4-13-31-51)52-32-14-5-15-33-52)46-47-75-61-40-22-18-36-57(61)66-63(75)44-42-55-53-34-16-20-38-59(53)71(68(55)66,49-26-8-2-9-27-49)50-28-10-3-11-29-50/h1-47,73H/b47-46+,73-70?,74-65+. The van der Waals surface area contributed by atoms with Gasteiger partial charge in [-0.05, 0) is 97.1 Å². The maximum Gasteiger partial charge on any atom is 0.154 e. The molecule has 0 bridgehead atoms. The number of aromatic nitrogens is 2. The Bertz CT molecular complexity index is 4430. The van der Waals surface area contributed by atoms with Gasteiger partial charge in [-0.2, -0.15) is 0 Å². The maximum absolute atomic E-state index is 9.71. The van der Waals surface area contributed by atoms with Crippen molar-refractivity contribution in [3.63, 3.8) is 0 Å². The zero-order chi connectivity index (χ0) is 50.4. The highest BCUT2D eigenvalue weighted by molar-refractivity contribution is 6.23. The SMILES string of the molecule is N=C(/N=C(\C=C\n1c2ccccc2c2c3c(ccc21)-c1ccccc1C3(c1ccccc1)c1ccccc1)n1c2ccccc2c2c3c(ccc21)-c1ccccc1C3(c1ccccc1)c1ccccc1)c1ccccc1. The summed E-state index contributed by atoms with van der Waals surface area (Å²) in [7, 11) is 0. The van der Waals surface area contributed by atoms with Gasteiger partial charge in [0.05, 0.1) is 32.9 Å². The molecule has 13 aromatic rings. The Morgan fingerprint density at radius 3 is 1.26 bits per heavy atom. The molecule has 2 heterocycles. The fourth-order valence-corrected chi connectivity index (χ4v) is 13.5. The van der Waals surface area contributed by atoms with Crippen LogP contribution in [0.5, 0.6) is 0 Å². The number of nitrogens with one attached hydrogen (secondary N) is 1. The highest BCUT2D eigenvalue weighted by atomic mass is 15.1. The van der Waals surface area contributed by atoms with Gasteiger partial charge in [0.25, 0.3) is 0 Å². The van der Waals surface area contributed by atoms with Gasteiger partial charge in [0.1, 0.15) is 5.84 Å². The third-order valence-corrected chi connectivity index (χ3v) is 16.4. The molecule has 0 unspecified atom stereocenters. The van der Waals surface area contributed by atoms with E-state index in [1.54, 1.807) is 0 Å². The predicted molar refractivity (Wildman–Crippen MR) is 315 cm³/mol. The molecule has 0 saturated carbocycles. The van der Waals surface area contributed by atoms with Gasteiger partial charge in [-0.25, -0.2) is 4.99 Å². The van der Waals surface area contributed by atoms with Crippen molar-refractivity contribution >= 4 is 61.5 Å². The van der Waals surface area contributed by atoms with E-state index in [9.17, 15) is 5.41 Å². The average molecular weight is 969 g/mol. The summed E-state index contributed by atoms with van der Waals surface area (Å²) < 4.78 is 4.63. The first kappa shape index (κ1) is 43.7. The van der Waals surface area contributed by atoms with Crippen LogP contribution in [0, 0.1) is 5.41 Å². The van der Waals surface area contributed by atoms with E-state index in [0.717, 1.165) is 38.4 Å². The molecule has 0 spiro atoms. The molecule has 4 heteroatoms. The average Bonchev–Trinajstić information content (AvgIpc) is 4.31. The number of hydrogen-bond acceptors (Lipinski definition) is 1. The third-order valence-electron chi connectivity index (χ3n) is 16.4. The van der Waals surface area contributed by atoms with Gasteiger partial charge in [-0.15, -0.1) is 0 Å². The molecule has 2 aliphatic rings. The second kappa shape index (κ2) is 17.1. The Hall–Kier alpha value is -9.90. The van der Waals surface area contributed by atoms with Crippen molar-refractivity contribution in [2.24, 2.45) is 4.99 Å². The lowest BCUT2D eigenvalue weighted by atomic mass is 9.67. The van der Waals surface area contributed by atoms with Gasteiger partial charge in [0.15, 0.2) is 5.84 Å². The summed E-state index contributed by atoms with van der Waals surface area (Å²) in [5.74, 6) is 0.805. The largest absolute Gasteiger partial charge is 0.316 e. The van der Waals surface area contributed by atoms with Crippen molar-refractivity contribution in [3.8, 4) is 22.3 Å². The number of rotatable bonds is 7. The molecule has 0 fully saturated rings. The molecular weight excluding hydrogens is 921 g/mol. The van der Waals surface area contributed by atoms with Gasteiger partial charge in [0.2, 0.25) is 0 Å². The number of aliphatic imine (C=N–C) groups is 1. The third kappa shape index (κ3) is 6.07. The smallest absolute Gasteiger partial charge is 0.154 e. The van der Waals surface area contributed by atoms with Crippen molar-refractivity contribution in [2.45, 2.75) is 10.8 Å². The number of nitrogens with zero attached hydrogens (tertiary/aromatic N) is 3. The fourth-order valence-electron chi connectivity index (χ4n) is 13.5. The quantitative estimate of drug-likeness (QED) is 0.122. The number of fused-ring (bicyclic) bond motifs is 14. The van der Waals surface area contributed by atoms with Gasteiger partial charge >= 0.3 is 0 Å². The van der Waals surface area contributed by atoms with E-state index in [-0.39, 0.29) is 5.84 Å². The highest BCUT2D eigenvalue weighted by Gasteiger charge is 2.49. The van der Waals surface area contributed by atoms with E-state index in [1.165, 1.54) is 77.5 Å². The molecule has 2 aliphatic carbocycles. The summed E-state index contributed by atoms with van der Waals surface area (Å²) in [5.41, 5.74) is 18.6. The monoisotopic (exact) mass is 968 g/mol. The van der Waals surface area contributed by atoms with Crippen molar-refractivity contribution in [1.82, 2.24) is 9.13 Å². The van der Waals surface area contributed by atoms with Crippen molar-refractivity contribution < 1.29 is 0 Å². The fraction of sp³-hybridized carbons (Fsp3) is 0.0278. The van der Waals surface area contributed by atoms with Crippen LogP contribution < -0.4 is 0 Å². The first-order valence-corrected chi connectivity index (χ1v) is 26.1. The van der Waals surface area contributed by atoms with E-state index in [0.29, 0.717) is 5.84 Å². The van der Waals surface area contributed by atoms with E-state index in [1.807, 2.05) is 30.3 Å². The molecule has 0 radical (unpaired) electrons. The van der Waals surface area contributed by atoms with Crippen LogP contribution >= 0.6 is 0 Å². The van der Waals surface area contributed by atoms with Crippen LogP contribution in [0.4, 0.5) is 0 Å². The van der Waals surface area contributed by atoms with Crippen LogP contribution in [0.2, 0.25) is 0 Å². The van der Waals surface area contributed by atoms with Gasteiger partial charge in [0, 0.05) is 33.3 Å².